The van der Waals surface area contributed by atoms with Crippen molar-refractivity contribution in [1.29, 1.82) is 0 Å². The van der Waals surface area contributed by atoms with Gasteiger partial charge in [-0.2, -0.15) is 0 Å². The van der Waals surface area contributed by atoms with E-state index in [0.717, 1.165) is 23.3 Å². The van der Waals surface area contributed by atoms with E-state index < -0.39 is 11.6 Å². The van der Waals surface area contributed by atoms with Crippen LogP contribution in [0.1, 0.15) is 65.7 Å². The van der Waals surface area contributed by atoms with Gasteiger partial charge in [-0.1, -0.05) is 56.3 Å². The number of carbonyl (C=O) groups excluding carboxylic acids is 1. The predicted octanol–water partition coefficient (Wildman–Crippen LogP) is 5.87. The van der Waals surface area contributed by atoms with Gasteiger partial charge in [0, 0.05) is 37.1 Å². The van der Waals surface area contributed by atoms with E-state index >= 15 is 0 Å². The molecule has 6 nitrogen and oxygen atoms in total. The van der Waals surface area contributed by atoms with Crippen molar-refractivity contribution < 1.29 is 24.2 Å². The first-order chi connectivity index (χ1) is 17.7. The number of methoxy groups -OCH3 is 1. The molecule has 1 N–H and O–H groups in total. The highest BCUT2D eigenvalue weighted by atomic mass is 16.5. The van der Waals surface area contributed by atoms with Gasteiger partial charge >= 0.3 is 5.97 Å². The number of rotatable bonds is 10. The van der Waals surface area contributed by atoms with Gasteiger partial charge in [-0.25, -0.2) is 0 Å². The highest BCUT2D eigenvalue weighted by Gasteiger charge is 2.35. The van der Waals surface area contributed by atoms with Crippen LogP contribution in [0.3, 0.4) is 0 Å². The number of amides is 1. The van der Waals surface area contributed by atoms with Gasteiger partial charge in [0.1, 0.15) is 17.1 Å². The van der Waals surface area contributed by atoms with Crippen LogP contribution < -0.4 is 9.47 Å². The fourth-order valence-electron chi connectivity index (χ4n) is 4.91. The molecule has 0 fully saturated rings. The summed E-state index contributed by atoms with van der Waals surface area (Å²) >= 11 is 0. The minimum atomic E-state index is -0.947. The van der Waals surface area contributed by atoms with Crippen LogP contribution in [0.5, 0.6) is 11.5 Å². The second-order valence-electron chi connectivity index (χ2n) is 10.3. The Labute approximate surface area is 218 Å². The average molecular weight is 502 g/mol. The van der Waals surface area contributed by atoms with Crippen molar-refractivity contribution in [2.45, 2.75) is 58.1 Å². The molecule has 0 saturated heterocycles. The van der Waals surface area contributed by atoms with Crippen molar-refractivity contribution in [3.63, 3.8) is 0 Å². The zero-order chi connectivity index (χ0) is 26.6. The van der Waals surface area contributed by atoms with Gasteiger partial charge in [-0.3, -0.25) is 9.59 Å². The zero-order valence-electron chi connectivity index (χ0n) is 22.0. The van der Waals surface area contributed by atoms with Crippen LogP contribution in [0.25, 0.3) is 0 Å². The molecule has 1 amide bonds. The third-order valence-corrected chi connectivity index (χ3v) is 6.89. The Morgan fingerprint density at radius 1 is 1.08 bits per heavy atom. The van der Waals surface area contributed by atoms with E-state index in [9.17, 15) is 14.7 Å². The molecule has 1 aliphatic rings. The van der Waals surface area contributed by atoms with Crippen molar-refractivity contribution in [3.05, 3.63) is 94.5 Å². The van der Waals surface area contributed by atoms with Crippen LogP contribution in [0.2, 0.25) is 0 Å². The summed E-state index contributed by atoms with van der Waals surface area (Å²) in [7, 11) is 1.58. The van der Waals surface area contributed by atoms with E-state index in [2.05, 4.69) is 45.0 Å². The first-order valence-corrected chi connectivity index (χ1v) is 12.7. The number of nitrogens with zero attached hydrogens (tertiary/aromatic N) is 1. The molecule has 0 radical (unpaired) electrons. The Bertz CT molecular complexity index is 1270. The number of carbonyl (C=O) groups is 2. The topological polar surface area (TPSA) is 76.1 Å². The van der Waals surface area contributed by atoms with Crippen LogP contribution in [-0.4, -0.2) is 41.1 Å². The molecule has 0 saturated carbocycles. The quantitative estimate of drug-likeness (QED) is 0.376. The lowest BCUT2D eigenvalue weighted by Crippen LogP contribution is -2.33. The molecule has 1 atom stereocenters. The molecule has 0 aliphatic carbocycles. The summed E-state index contributed by atoms with van der Waals surface area (Å²) in [5, 5.41) is 9.25. The summed E-state index contributed by atoms with van der Waals surface area (Å²) in [6.45, 7) is 6.83. The molecule has 0 aromatic heterocycles. The Morgan fingerprint density at radius 3 is 2.49 bits per heavy atom. The Morgan fingerprint density at radius 2 is 1.81 bits per heavy atom. The summed E-state index contributed by atoms with van der Waals surface area (Å²) in [5.74, 6) is 0.783. The number of hydrogen-bond acceptors (Lipinski definition) is 4. The average Bonchev–Trinajstić information content (AvgIpc) is 3.21. The summed E-state index contributed by atoms with van der Waals surface area (Å²) in [6, 6.07) is 21.7. The third-order valence-electron chi connectivity index (χ3n) is 6.89. The minimum absolute atomic E-state index is 0.101. The standard InChI is InChI=1S/C31H35NO5/c1-21(2)23-11-9-22(10-12-23)18-31(3)19-26-17-24(13-14-28(26)37-31)30(35)32(16-15-29(33)34)20-25-7-5-6-8-27(25)36-4/h5-14,17,21H,15-16,18-20H2,1-4H3,(H,33,34). The van der Waals surface area contributed by atoms with E-state index in [4.69, 9.17) is 9.47 Å². The maximum Gasteiger partial charge on any atom is 0.305 e. The molecule has 1 unspecified atom stereocenters. The Balaban J connectivity index is 1.52. The van der Waals surface area contributed by atoms with Crippen molar-refractivity contribution in [2.75, 3.05) is 13.7 Å². The molecule has 1 heterocycles. The van der Waals surface area contributed by atoms with Crippen molar-refractivity contribution >= 4 is 11.9 Å². The molecule has 6 heteroatoms. The zero-order valence-corrected chi connectivity index (χ0v) is 22.0. The van der Waals surface area contributed by atoms with E-state index in [1.165, 1.54) is 11.1 Å². The van der Waals surface area contributed by atoms with E-state index in [1.807, 2.05) is 36.4 Å². The first-order valence-electron chi connectivity index (χ1n) is 12.7. The Kier molecular flexibility index (Phi) is 7.86. The number of para-hydroxylation sites is 1. The number of hydrogen-bond donors (Lipinski definition) is 1. The number of carboxylic acids is 1. The predicted molar refractivity (Wildman–Crippen MR) is 143 cm³/mol. The number of benzene rings is 3. The van der Waals surface area contributed by atoms with Gasteiger partial charge in [0.2, 0.25) is 0 Å². The molecule has 194 valence electrons. The molecule has 4 rings (SSSR count). The molecule has 3 aromatic carbocycles. The number of fused-ring (bicyclic) bond motifs is 1. The number of ether oxygens (including phenoxy) is 2. The molecular formula is C31H35NO5. The summed E-state index contributed by atoms with van der Waals surface area (Å²) in [5.41, 5.74) is 4.46. The number of carboxylic acid groups (broad SMARTS) is 1. The van der Waals surface area contributed by atoms with Gasteiger partial charge in [0.15, 0.2) is 0 Å². The van der Waals surface area contributed by atoms with E-state index in [0.29, 0.717) is 23.7 Å². The van der Waals surface area contributed by atoms with Gasteiger partial charge in [0.05, 0.1) is 13.5 Å². The van der Waals surface area contributed by atoms with Crippen molar-refractivity contribution in [2.24, 2.45) is 0 Å². The molecule has 0 spiro atoms. The minimum Gasteiger partial charge on any atom is -0.496 e. The molecular weight excluding hydrogens is 466 g/mol. The smallest absolute Gasteiger partial charge is 0.305 e. The molecule has 0 bridgehead atoms. The van der Waals surface area contributed by atoms with E-state index in [-0.39, 0.29) is 25.4 Å². The fourth-order valence-corrected chi connectivity index (χ4v) is 4.91. The lowest BCUT2D eigenvalue weighted by molar-refractivity contribution is -0.137. The molecule has 3 aromatic rings. The maximum absolute atomic E-state index is 13.6. The fraction of sp³-hybridized carbons (Fsp3) is 0.355. The third kappa shape index (κ3) is 6.31. The lowest BCUT2D eigenvalue weighted by Gasteiger charge is -2.24. The number of aliphatic carboxylic acids is 1. The summed E-state index contributed by atoms with van der Waals surface area (Å²) in [6.07, 6.45) is 1.32. The molecule has 1 aliphatic heterocycles. The molecule has 37 heavy (non-hydrogen) atoms. The monoisotopic (exact) mass is 501 g/mol. The second kappa shape index (κ2) is 11.1. The van der Waals surface area contributed by atoms with Gasteiger partial charge < -0.3 is 19.5 Å². The van der Waals surface area contributed by atoms with Gasteiger partial charge in [-0.15, -0.1) is 0 Å². The van der Waals surface area contributed by atoms with Crippen molar-refractivity contribution in [3.8, 4) is 11.5 Å². The lowest BCUT2D eigenvalue weighted by atomic mass is 9.90. The van der Waals surface area contributed by atoms with Crippen molar-refractivity contribution in [1.82, 2.24) is 4.90 Å². The first kappa shape index (κ1) is 26.3. The largest absolute Gasteiger partial charge is 0.496 e. The van der Waals surface area contributed by atoms with Crippen LogP contribution in [0, 0.1) is 0 Å². The van der Waals surface area contributed by atoms with Crippen LogP contribution in [0.4, 0.5) is 0 Å². The summed E-state index contributed by atoms with van der Waals surface area (Å²) in [4.78, 5) is 26.4. The second-order valence-corrected chi connectivity index (χ2v) is 10.3. The normalized spacial score (nSPS) is 16.2. The van der Waals surface area contributed by atoms with Gasteiger partial charge in [-0.05, 0) is 53.8 Å². The van der Waals surface area contributed by atoms with Crippen LogP contribution in [0.15, 0.2) is 66.7 Å². The van der Waals surface area contributed by atoms with Gasteiger partial charge in [0.25, 0.3) is 5.91 Å². The SMILES string of the molecule is COc1ccccc1CN(CCC(=O)O)C(=O)c1ccc2c(c1)CC(C)(Cc1ccc(C(C)C)cc1)O2. The maximum atomic E-state index is 13.6. The highest BCUT2D eigenvalue weighted by Crippen LogP contribution is 2.38. The summed E-state index contributed by atoms with van der Waals surface area (Å²) < 4.78 is 11.8. The van der Waals surface area contributed by atoms with E-state index in [1.54, 1.807) is 18.1 Å². The highest BCUT2D eigenvalue weighted by molar-refractivity contribution is 5.95. The van der Waals surface area contributed by atoms with Crippen LogP contribution in [-0.2, 0) is 24.2 Å². The Hall–Kier alpha value is -3.80. The van der Waals surface area contributed by atoms with Crippen LogP contribution >= 0.6 is 0 Å².